The first kappa shape index (κ1) is 13.3. The summed E-state index contributed by atoms with van der Waals surface area (Å²) in [6.45, 7) is 2.11. The second kappa shape index (κ2) is 5.26. The van der Waals surface area contributed by atoms with Crippen LogP contribution in [0.1, 0.15) is 18.9 Å². The maximum atomic E-state index is 13.2. The van der Waals surface area contributed by atoms with E-state index in [0.29, 0.717) is 25.1 Å². The molecule has 1 aromatic carbocycles. The van der Waals surface area contributed by atoms with Crippen LogP contribution in [0, 0.1) is 5.82 Å². The van der Waals surface area contributed by atoms with Crippen LogP contribution in [0.25, 0.3) is 0 Å². The predicted molar refractivity (Wildman–Crippen MR) is 67.7 cm³/mol. The number of carboxylic acid groups (broad SMARTS) is 1. The number of aliphatic carboxylic acids is 1. The number of amides is 2. The standard InChI is InChI=1S/C13H15FN2O3/c1-2-10(12(17)18)15-13(19)16-6-5-8-3-4-9(14)7-11(8)16/h3-4,7,10H,2,5-6H2,1H3,(H,15,19)(H,17,18)/t10-/m0/s1. The van der Waals surface area contributed by atoms with Gasteiger partial charge in [0.25, 0.3) is 0 Å². The Morgan fingerprint density at radius 2 is 2.26 bits per heavy atom. The number of nitrogens with zero attached hydrogens (tertiary/aromatic N) is 1. The molecule has 0 unspecified atom stereocenters. The van der Waals surface area contributed by atoms with Gasteiger partial charge in [0.05, 0.1) is 5.69 Å². The number of benzene rings is 1. The zero-order chi connectivity index (χ0) is 14.0. The average molecular weight is 266 g/mol. The van der Waals surface area contributed by atoms with E-state index >= 15 is 0 Å². The summed E-state index contributed by atoms with van der Waals surface area (Å²) in [5, 5.41) is 11.3. The fraction of sp³-hybridized carbons (Fsp3) is 0.385. The number of rotatable bonds is 3. The monoisotopic (exact) mass is 266 g/mol. The highest BCUT2D eigenvalue weighted by Crippen LogP contribution is 2.28. The molecular weight excluding hydrogens is 251 g/mol. The molecule has 1 aromatic rings. The number of fused-ring (bicyclic) bond motifs is 1. The van der Waals surface area contributed by atoms with E-state index in [9.17, 15) is 14.0 Å². The van der Waals surface area contributed by atoms with Gasteiger partial charge in [-0.3, -0.25) is 4.90 Å². The van der Waals surface area contributed by atoms with Crippen molar-refractivity contribution in [1.29, 1.82) is 0 Å². The summed E-state index contributed by atoms with van der Waals surface area (Å²) < 4.78 is 13.2. The Hall–Kier alpha value is -2.11. The van der Waals surface area contributed by atoms with Gasteiger partial charge in [0.15, 0.2) is 0 Å². The molecule has 0 saturated carbocycles. The molecular formula is C13H15FN2O3. The van der Waals surface area contributed by atoms with Crippen LogP contribution in [-0.4, -0.2) is 29.7 Å². The second-order valence-corrected chi connectivity index (χ2v) is 4.42. The number of halogens is 1. The Morgan fingerprint density at radius 3 is 2.89 bits per heavy atom. The Morgan fingerprint density at radius 1 is 1.53 bits per heavy atom. The number of nitrogens with one attached hydrogen (secondary N) is 1. The van der Waals surface area contributed by atoms with Gasteiger partial charge >= 0.3 is 12.0 Å². The van der Waals surface area contributed by atoms with Gasteiger partial charge in [-0.05, 0) is 30.5 Å². The quantitative estimate of drug-likeness (QED) is 0.875. The molecule has 0 aromatic heterocycles. The van der Waals surface area contributed by atoms with Crippen molar-refractivity contribution in [1.82, 2.24) is 5.32 Å². The first-order chi connectivity index (χ1) is 9.02. The van der Waals surface area contributed by atoms with Crippen LogP contribution in [0.3, 0.4) is 0 Å². The molecule has 1 aliphatic heterocycles. The first-order valence-electron chi connectivity index (χ1n) is 6.12. The van der Waals surface area contributed by atoms with Gasteiger partial charge in [0.2, 0.25) is 0 Å². The van der Waals surface area contributed by atoms with E-state index < -0.39 is 23.9 Å². The van der Waals surface area contributed by atoms with Crippen LogP contribution in [0.15, 0.2) is 18.2 Å². The molecule has 1 aliphatic rings. The lowest BCUT2D eigenvalue weighted by Gasteiger charge is -2.21. The number of hydrogen-bond acceptors (Lipinski definition) is 2. The summed E-state index contributed by atoms with van der Waals surface area (Å²) in [5.74, 6) is -1.49. The van der Waals surface area contributed by atoms with Crippen LogP contribution in [-0.2, 0) is 11.2 Å². The number of carboxylic acids is 1. The van der Waals surface area contributed by atoms with Crippen molar-refractivity contribution in [2.24, 2.45) is 0 Å². The van der Waals surface area contributed by atoms with E-state index in [-0.39, 0.29) is 0 Å². The average Bonchev–Trinajstić information content (AvgIpc) is 2.78. The molecule has 2 rings (SSSR count). The van der Waals surface area contributed by atoms with E-state index in [1.165, 1.54) is 17.0 Å². The second-order valence-electron chi connectivity index (χ2n) is 4.42. The highest BCUT2D eigenvalue weighted by Gasteiger charge is 2.27. The molecule has 2 amide bonds. The molecule has 0 fully saturated rings. The summed E-state index contributed by atoms with van der Waals surface area (Å²) in [7, 11) is 0. The highest BCUT2D eigenvalue weighted by molar-refractivity contribution is 5.96. The molecule has 19 heavy (non-hydrogen) atoms. The number of carbonyl (C=O) groups excluding carboxylic acids is 1. The first-order valence-corrected chi connectivity index (χ1v) is 6.12. The smallest absolute Gasteiger partial charge is 0.326 e. The van der Waals surface area contributed by atoms with Crippen molar-refractivity contribution in [3.8, 4) is 0 Å². The van der Waals surface area contributed by atoms with E-state index in [4.69, 9.17) is 5.11 Å². The van der Waals surface area contributed by atoms with Gasteiger partial charge in [-0.1, -0.05) is 13.0 Å². The van der Waals surface area contributed by atoms with Crippen molar-refractivity contribution < 1.29 is 19.1 Å². The summed E-state index contributed by atoms with van der Waals surface area (Å²) >= 11 is 0. The fourth-order valence-electron chi connectivity index (χ4n) is 2.13. The Kier molecular flexibility index (Phi) is 3.69. The topological polar surface area (TPSA) is 69.6 Å². The van der Waals surface area contributed by atoms with E-state index in [0.717, 1.165) is 5.56 Å². The molecule has 5 nitrogen and oxygen atoms in total. The van der Waals surface area contributed by atoms with E-state index in [2.05, 4.69) is 5.32 Å². The molecule has 0 spiro atoms. The highest BCUT2D eigenvalue weighted by atomic mass is 19.1. The van der Waals surface area contributed by atoms with E-state index in [1.807, 2.05) is 0 Å². The summed E-state index contributed by atoms with van der Waals surface area (Å²) in [5.41, 5.74) is 1.40. The van der Waals surface area contributed by atoms with Gasteiger partial charge in [-0.25, -0.2) is 14.0 Å². The summed E-state index contributed by atoms with van der Waals surface area (Å²) in [6.07, 6.45) is 0.942. The molecule has 1 heterocycles. The van der Waals surface area contributed by atoms with Crippen molar-refractivity contribution in [3.05, 3.63) is 29.6 Å². The molecule has 2 N–H and O–H groups in total. The van der Waals surface area contributed by atoms with Gasteiger partial charge in [0, 0.05) is 6.54 Å². The lowest BCUT2D eigenvalue weighted by molar-refractivity contribution is -0.139. The van der Waals surface area contributed by atoms with Gasteiger partial charge in [-0.15, -0.1) is 0 Å². The van der Waals surface area contributed by atoms with E-state index in [1.54, 1.807) is 13.0 Å². The molecule has 0 bridgehead atoms. The number of urea groups is 1. The zero-order valence-electron chi connectivity index (χ0n) is 10.5. The minimum Gasteiger partial charge on any atom is -0.480 e. The number of hydrogen-bond donors (Lipinski definition) is 2. The van der Waals surface area contributed by atoms with Crippen molar-refractivity contribution >= 4 is 17.7 Å². The maximum Gasteiger partial charge on any atom is 0.326 e. The minimum absolute atomic E-state index is 0.297. The van der Waals surface area contributed by atoms with Gasteiger partial charge in [-0.2, -0.15) is 0 Å². The minimum atomic E-state index is -1.07. The third kappa shape index (κ3) is 2.67. The predicted octanol–water partition coefficient (Wildman–Crippen LogP) is 1.76. The van der Waals surface area contributed by atoms with Crippen LogP contribution in [0.2, 0.25) is 0 Å². The Bertz CT molecular complexity index is 519. The maximum absolute atomic E-state index is 13.2. The lowest BCUT2D eigenvalue weighted by atomic mass is 10.2. The Labute approximate surface area is 110 Å². The number of carbonyl (C=O) groups is 2. The Balaban J connectivity index is 2.15. The molecule has 102 valence electrons. The van der Waals surface area contributed by atoms with Crippen LogP contribution in [0.4, 0.5) is 14.9 Å². The normalized spacial score (nSPS) is 14.9. The van der Waals surface area contributed by atoms with Crippen LogP contribution >= 0.6 is 0 Å². The van der Waals surface area contributed by atoms with Crippen molar-refractivity contribution in [3.63, 3.8) is 0 Å². The van der Waals surface area contributed by atoms with Crippen molar-refractivity contribution in [2.45, 2.75) is 25.8 Å². The third-order valence-corrected chi connectivity index (χ3v) is 3.19. The zero-order valence-corrected chi connectivity index (χ0v) is 10.5. The van der Waals surface area contributed by atoms with Crippen LogP contribution < -0.4 is 10.2 Å². The molecule has 0 saturated heterocycles. The third-order valence-electron chi connectivity index (χ3n) is 3.19. The summed E-state index contributed by atoms with van der Waals surface area (Å²) in [6, 6.07) is 2.87. The summed E-state index contributed by atoms with van der Waals surface area (Å²) in [4.78, 5) is 24.3. The molecule has 0 radical (unpaired) electrons. The fourth-order valence-corrected chi connectivity index (χ4v) is 2.13. The van der Waals surface area contributed by atoms with Gasteiger partial charge < -0.3 is 10.4 Å². The van der Waals surface area contributed by atoms with Gasteiger partial charge in [0.1, 0.15) is 11.9 Å². The SMILES string of the molecule is CC[C@H](NC(=O)N1CCc2ccc(F)cc21)C(=O)O. The molecule has 0 aliphatic carbocycles. The van der Waals surface area contributed by atoms with Crippen molar-refractivity contribution in [2.75, 3.05) is 11.4 Å². The number of anilines is 1. The molecule has 6 heteroatoms. The molecule has 1 atom stereocenters. The largest absolute Gasteiger partial charge is 0.480 e. The van der Waals surface area contributed by atoms with Crippen LogP contribution in [0.5, 0.6) is 0 Å². The lowest BCUT2D eigenvalue weighted by Crippen LogP contribution is -2.47.